The molecule has 2 atom stereocenters. The van der Waals surface area contributed by atoms with E-state index in [1.54, 1.807) is 12.1 Å². The first-order valence-electron chi connectivity index (χ1n) is 12.8. The highest BCUT2D eigenvalue weighted by Crippen LogP contribution is 2.38. The average Bonchev–Trinajstić information content (AvgIpc) is 3.09. The number of hydrazine groups is 1. The van der Waals surface area contributed by atoms with Crippen LogP contribution in [0.4, 0.5) is 4.39 Å². The van der Waals surface area contributed by atoms with Gasteiger partial charge in [0.2, 0.25) is 5.91 Å². The third-order valence-corrected chi connectivity index (χ3v) is 8.11. The number of carbonyl (C=O) groups excluding carboxylic acids is 1. The van der Waals surface area contributed by atoms with Gasteiger partial charge in [0.1, 0.15) is 11.6 Å². The molecule has 1 saturated heterocycles. The Balaban J connectivity index is 1.69. The van der Waals surface area contributed by atoms with E-state index in [2.05, 4.69) is 81.9 Å². The number of hydrogen-bond acceptors (Lipinski definition) is 4. The molecule has 5 nitrogen and oxygen atoms in total. The summed E-state index contributed by atoms with van der Waals surface area (Å²) in [6.07, 6.45) is 2.51. The molecule has 0 aromatic heterocycles. The Morgan fingerprint density at radius 1 is 1.11 bits per heavy atom. The number of nitrogens with zero attached hydrogens (tertiary/aromatic N) is 1. The molecule has 0 bridgehead atoms. The summed E-state index contributed by atoms with van der Waals surface area (Å²) < 4.78 is 15.0. The van der Waals surface area contributed by atoms with E-state index in [4.69, 9.17) is 0 Å². The zero-order valence-electron chi connectivity index (χ0n) is 21.8. The van der Waals surface area contributed by atoms with Crippen molar-refractivity contribution in [2.24, 2.45) is 5.92 Å². The molecule has 188 valence electrons. The van der Waals surface area contributed by atoms with Gasteiger partial charge in [-0.05, 0) is 62.8 Å². The molecule has 2 aliphatic rings. The topological polar surface area (TPSA) is 56.4 Å². The molecule has 35 heavy (non-hydrogen) atoms. The van der Waals surface area contributed by atoms with E-state index >= 15 is 0 Å². The van der Waals surface area contributed by atoms with E-state index in [1.165, 1.54) is 11.6 Å². The Kier molecular flexibility index (Phi) is 6.96. The van der Waals surface area contributed by atoms with Crippen molar-refractivity contribution in [3.8, 4) is 0 Å². The summed E-state index contributed by atoms with van der Waals surface area (Å²) in [7, 11) is 0. The number of carbonyl (C=O) groups is 1. The van der Waals surface area contributed by atoms with Crippen LogP contribution in [0, 0.1) is 11.7 Å². The molecule has 0 spiro atoms. The summed E-state index contributed by atoms with van der Waals surface area (Å²) in [6, 6.07) is 14.8. The van der Waals surface area contributed by atoms with Gasteiger partial charge in [-0.15, -0.1) is 0 Å². The minimum atomic E-state index is -0.489. The van der Waals surface area contributed by atoms with E-state index in [9.17, 15) is 9.18 Å². The molecule has 3 N–H and O–H groups in total. The highest BCUT2D eigenvalue weighted by Gasteiger charge is 2.46. The molecule has 0 aliphatic carbocycles. The molecular formula is C29H39FN4O. The number of fused-ring (bicyclic) bond motifs is 1. The Bertz CT molecular complexity index is 1100. The van der Waals surface area contributed by atoms with Gasteiger partial charge in [-0.1, -0.05) is 63.2 Å². The number of amides is 1. The number of rotatable bonds is 7. The van der Waals surface area contributed by atoms with Crippen LogP contribution in [0.25, 0.3) is 0 Å². The van der Waals surface area contributed by atoms with Crippen molar-refractivity contribution >= 4 is 5.91 Å². The monoisotopic (exact) mass is 478 g/mol. The molecule has 2 aromatic carbocycles. The van der Waals surface area contributed by atoms with Crippen LogP contribution >= 0.6 is 0 Å². The fourth-order valence-corrected chi connectivity index (χ4v) is 5.40. The number of hydrogen-bond donors (Lipinski definition) is 3. The summed E-state index contributed by atoms with van der Waals surface area (Å²) >= 11 is 0. The van der Waals surface area contributed by atoms with Crippen LogP contribution < -0.4 is 16.1 Å². The zero-order chi connectivity index (χ0) is 25.4. The van der Waals surface area contributed by atoms with Crippen LogP contribution in [0.15, 0.2) is 59.9 Å². The van der Waals surface area contributed by atoms with E-state index in [-0.39, 0.29) is 17.3 Å². The van der Waals surface area contributed by atoms with Gasteiger partial charge in [0.05, 0.1) is 23.0 Å². The molecular weight excluding hydrogens is 439 g/mol. The summed E-state index contributed by atoms with van der Waals surface area (Å²) in [4.78, 5) is 14.0. The van der Waals surface area contributed by atoms with Crippen LogP contribution in [0.5, 0.6) is 0 Å². The van der Waals surface area contributed by atoms with E-state index in [0.717, 1.165) is 36.2 Å². The zero-order valence-corrected chi connectivity index (χ0v) is 21.8. The third-order valence-electron chi connectivity index (χ3n) is 8.11. The van der Waals surface area contributed by atoms with Gasteiger partial charge in [-0.25, -0.2) is 9.82 Å². The fraction of sp³-hybridized carbons (Fsp3) is 0.483. The number of halogens is 1. The second-order valence-electron chi connectivity index (χ2n) is 10.4. The van der Waals surface area contributed by atoms with Crippen molar-refractivity contribution in [2.75, 3.05) is 6.54 Å². The minimum Gasteiger partial charge on any atom is -0.363 e. The van der Waals surface area contributed by atoms with Gasteiger partial charge in [0.15, 0.2) is 0 Å². The maximum atomic E-state index is 15.0. The van der Waals surface area contributed by atoms with Crippen LogP contribution in [-0.2, 0) is 16.8 Å². The first-order chi connectivity index (χ1) is 16.7. The smallest absolute Gasteiger partial charge is 0.228 e. The van der Waals surface area contributed by atoms with E-state index in [1.807, 2.05) is 11.1 Å². The van der Waals surface area contributed by atoms with Gasteiger partial charge in [-0.3, -0.25) is 9.80 Å². The highest BCUT2D eigenvalue weighted by molar-refractivity contribution is 5.81. The standard InChI is InChI=1S/C29H39FN4O/c1-7-20-14-16-21(17-15-20)29(8-2,9-3)32-27(35)23-18-34-26(19(4)28(5,6)33-34)31-25(23)22-12-10-11-13-24(22)30/h10-17,23,25,31,33H,7-9,18H2,1-6H3,(H,32,35)/t23?,25-/m0/s1. The predicted octanol–water partition coefficient (Wildman–Crippen LogP) is 5.31. The summed E-state index contributed by atoms with van der Waals surface area (Å²) in [6.45, 7) is 13.1. The van der Waals surface area contributed by atoms with Crippen molar-refractivity contribution in [2.45, 2.75) is 77.9 Å². The molecule has 6 heteroatoms. The summed E-state index contributed by atoms with van der Waals surface area (Å²) in [5.41, 5.74) is 6.83. The van der Waals surface area contributed by atoms with E-state index in [0.29, 0.717) is 12.1 Å². The SMILES string of the molecule is CCc1ccc(C(CC)(CC)NC(=O)C2CN3NC(C)(C)C(C)=C3N[C@H]2c2ccccc2F)cc1. The molecule has 2 heterocycles. The quantitative estimate of drug-likeness (QED) is 0.505. The van der Waals surface area contributed by atoms with Gasteiger partial charge in [-0.2, -0.15) is 0 Å². The largest absolute Gasteiger partial charge is 0.363 e. The van der Waals surface area contributed by atoms with Crippen LogP contribution in [-0.4, -0.2) is 23.0 Å². The first-order valence-corrected chi connectivity index (χ1v) is 12.8. The number of nitrogens with one attached hydrogen (secondary N) is 3. The molecule has 2 aliphatic heterocycles. The molecule has 2 aromatic rings. The lowest BCUT2D eigenvalue weighted by molar-refractivity contribution is -0.130. The van der Waals surface area contributed by atoms with Crippen molar-refractivity contribution in [1.29, 1.82) is 0 Å². The Labute approximate surface area is 209 Å². The molecule has 1 fully saturated rings. The van der Waals surface area contributed by atoms with Crippen molar-refractivity contribution in [1.82, 2.24) is 21.1 Å². The van der Waals surface area contributed by atoms with Crippen molar-refractivity contribution in [3.63, 3.8) is 0 Å². The normalized spacial score (nSPS) is 21.5. The fourth-order valence-electron chi connectivity index (χ4n) is 5.40. The predicted molar refractivity (Wildman–Crippen MR) is 139 cm³/mol. The maximum Gasteiger partial charge on any atom is 0.228 e. The summed E-state index contributed by atoms with van der Waals surface area (Å²) in [5, 5.41) is 8.96. The van der Waals surface area contributed by atoms with Crippen LogP contribution in [0.3, 0.4) is 0 Å². The third kappa shape index (κ3) is 4.56. The molecule has 4 rings (SSSR count). The van der Waals surface area contributed by atoms with Gasteiger partial charge >= 0.3 is 0 Å². The molecule has 0 saturated carbocycles. The van der Waals surface area contributed by atoms with E-state index < -0.39 is 17.5 Å². The van der Waals surface area contributed by atoms with Crippen LogP contribution in [0.2, 0.25) is 0 Å². The van der Waals surface area contributed by atoms with Crippen LogP contribution in [0.1, 0.15) is 77.1 Å². The van der Waals surface area contributed by atoms with Crippen molar-refractivity contribution < 1.29 is 9.18 Å². The first kappa shape index (κ1) is 25.2. The number of benzene rings is 2. The van der Waals surface area contributed by atoms with Gasteiger partial charge in [0, 0.05) is 12.1 Å². The number of aryl methyl sites for hydroxylation is 1. The molecule has 1 unspecified atom stereocenters. The van der Waals surface area contributed by atoms with Crippen molar-refractivity contribution in [3.05, 3.63) is 82.4 Å². The Hall–Kier alpha value is -2.86. The Morgan fingerprint density at radius 3 is 2.37 bits per heavy atom. The highest BCUT2D eigenvalue weighted by atomic mass is 19.1. The lowest BCUT2D eigenvalue weighted by Crippen LogP contribution is -2.58. The lowest BCUT2D eigenvalue weighted by Gasteiger charge is -2.42. The average molecular weight is 479 g/mol. The maximum absolute atomic E-state index is 15.0. The minimum absolute atomic E-state index is 0.0720. The van der Waals surface area contributed by atoms with Gasteiger partial charge < -0.3 is 10.6 Å². The molecule has 1 amide bonds. The second kappa shape index (κ2) is 9.65. The lowest BCUT2D eigenvalue weighted by atomic mass is 9.82. The second-order valence-corrected chi connectivity index (χ2v) is 10.4. The summed E-state index contributed by atoms with van der Waals surface area (Å²) in [5.74, 6) is 0.0706. The van der Waals surface area contributed by atoms with Gasteiger partial charge in [0.25, 0.3) is 0 Å². The molecule has 0 radical (unpaired) electrons. The Morgan fingerprint density at radius 2 is 1.77 bits per heavy atom.